The number of hydrogen-bond acceptors (Lipinski definition) is 5. The molecular formula is C9H14N3OS. The molecule has 0 aliphatic rings. The number of nitrogens with zero attached hydrogens (tertiary/aromatic N) is 2. The number of hydrogen-bond donors (Lipinski definition) is 2. The average molecular weight is 212 g/mol. The highest BCUT2D eigenvalue weighted by Gasteiger charge is 2.08. The molecule has 77 valence electrons. The van der Waals surface area contributed by atoms with E-state index >= 15 is 0 Å². The summed E-state index contributed by atoms with van der Waals surface area (Å²) < 4.78 is 0. The summed E-state index contributed by atoms with van der Waals surface area (Å²) in [4.78, 5) is 8.23. The SMILES string of the molecule is CCCCNc1n[c]nc(O)c1SC. The van der Waals surface area contributed by atoms with Crippen LogP contribution in [0.1, 0.15) is 19.8 Å². The summed E-state index contributed by atoms with van der Waals surface area (Å²) >= 11 is 1.42. The standard InChI is InChI=1S/C9H14N3OS/c1-3-4-5-10-8-7(14-2)9(13)12-6-11-8/h3-5H2,1-2H3,(H2,10,11,12,13). The van der Waals surface area contributed by atoms with Gasteiger partial charge in [-0.3, -0.25) is 0 Å². The molecule has 0 amide bonds. The Morgan fingerprint density at radius 2 is 2.29 bits per heavy atom. The van der Waals surface area contributed by atoms with Gasteiger partial charge in [-0.15, -0.1) is 11.8 Å². The third kappa shape index (κ3) is 2.77. The Hall–Kier alpha value is -0.970. The smallest absolute Gasteiger partial charge is 0.230 e. The van der Waals surface area contributed by atoms with Crippen LogP contribution >= 0.6 is 11.8 Å². The van der Waals surface area contributed by atoms with Crippen molar-refractivity contribution in [2.75, 3.05) is 18.1 Å². The maximum Gasteiger partial charge on any atom is 0.230 e. The molecular weight excluding hydrogens is 198 g/mol. The fraction of sp³-hybridized carbons (Fsp3) is 0.556. The van der Waals surface area contributed by atoms with Crippen LogP contribution in [0.4, 0.5) is 5.82 Å². The van der Waals surface area contributed by atoms with Gasteiger partial charge in [-0.1, -0.05) is 13.3 Å². The van der Waals surface area contributed by atoms with Crippen molar-refractivity contribution >= 4 is 17.6 Å². The molecule has 1 aromatic heterocycles. The first-order chi connectivity index (χ1) is 6.79. The Balaban J connectivity index is 2.70. The van der Waals surface area contributed by atoms with Gasteiger partial charge in [-0.25, -0.2) is 4.98 Å². The highest BCUT2D eigenvalue weighted by atomic mass is 32.2. The van der Waals surface area contributed by atoms with Crippen LogP contribution in [0.5, 0.6) is 5.88 Å². The highest BCUT2D eigenvalue weighted by Crippen LogP contribution is 2.29. The van der Waals surface area contributed by atoms with Gasteiger partial charge in [0.2, 0.25) is 12.2 Å². The lowest BCUT2D eigenvalue weighted by Crippen LogP contribution is -2.04. The van der Waals surface area contributed by atoms with Crippen LogP contribution in [0.15, 0.2) is 4.90 Å². The van der Waals surface area contributed by atoms with Crippen molar-refractivity contribution in [1.82, 2.24) is 9.97 Å². The van der Waals surface area contributed by atoms with Gasteiger partial charge >= 0.3 is 0 Å². The highest BCUT2D eigenvalue weighted by molar-refractivity contribution is 7.98. The van der Waals surface area contributed by atoms with Crippen LogP contribution in [0.2, 0.25) is 0 Å². The molecule has 1 heterocycles. The summed E-state index contributed by atoms with van der Waals surface area (Å²) in [7, 11) is 0. The third-order valence-corrected chi connectivity index (χ3v) is 2.55. The van der Waals surface area contributed by atoms with Gasteiger partial charge in [0.25, 0.3) is 0 Å². The zero-order chi connectivity index (χ0) is 10.4. The number of rotatable bonds is 5. The fourth-order valence-electron chi connectivity index (χ4n) is 1.02. The fourth-order valence-corrected chi connectivity index (χ4v) is 1.56. The minimum atomic E-state index is -0.00787. The van der Waals surface area contributed by atoms with E-state index < -0.39 is 0 Å². The van der Waals surface area contributed by atoms with Crippen LogP contribution in [-0.4, -0.2) is 27.9 Å². The van der Waals surface area contributed by atoms with Crippen molar-refractivity contribution in [2.24, 2.45) is 0 Å². The molecule has 14 heavy (non-hydrogen) atoms. The first-order valence-electron chi connectivity index (χ1n) is 4.54. The van der Waals surface area contributed by atoms with Crippen LogP contribution in [-0.2, 0) is 0 Å². The summed E-state index contributed by atoms with van der Waals surface area (Å²) in [5, 5.41) is 12.5. The van der Waals surface area contributed by atoms with Gasteiger partial charge < -0.3 is 10.4 Å². The van der Waals surface area contributed by atoms with Crippen molar-refractivity contribution in [2.45, 2.75) is 24.7 Å². The molecule has 0 atom stereocenters. The topological polar surface area (TPSA) is 58.0 Å². The molecule has 1 aromatic rings. The molecule has 0 unspecified atom stereocenters. The van der Waals surface area contributed by atoms with Crippen molar-refractivity contribution in [1.29, 1.82) is 0 Å². The minimum Gasteiger partial charge on any atom is -0.492 e. The van der Waals surface area contributed by atoms with Crippen LogP contribution in [0, 0.1) is 6.33 Å². The molecule has 0 aliphatic carbocycles. The summed E-state index contributed by atoms with van der Waals surface area (Å²) in [5.74, 6) is 0.657. The molecule has 5 heteroatoms. The lowest BCUT2D eigenvalue weighted by Gasteiger charge is -2.08. The minimum absolute atomic E-state index is 0.00787. The quantitative estimate of drug-likeness (QED) is 0.577. The summed E-state index contributed by atoms with van der Waals surface area (Å²) in [6, 6.07) is 0. The van der Waals surface area contributed by atoms with Gasteiger partial charge in [-0.05, 0) is 12.7 Å². The van der Waals surface area contributed by atoms with Gasteiger partial charge in [0.05, 0.1) is 0 Å². The second-order valence-electron chi connectivity index (χ2n) is 2.81. The van der Waals surface area contributed by atoms with Crippen LogP contribution in [0.3, 0.4) is 0 Å². The maximum atomic E-state index is 9.40. The van der Waals surface area contributed by atoms with E-state index in [2.05, 4.69) is 28.5 Å². The number of thioether (sulfide) groups is 1. The molecule has 0 saturated heterocycles. The van der Waals surface area contributed by atoms with E-state index in [4.69, 9.17) is 0 Å². The van der Waals surface area contributed by atoms with Crippen LogP contribution < -0.4 is 5.32 Å². The number of unbranched alkanes of at least 4 members (excludes halogenated alkanes) is 1. The Morgan fingerprint density at radius 1 is 1.50 bits per heavy atom. The molecule has 0 bridgehead atoms. The van der Waals surface area contributed by atoms with Crippen molar-refractivity contribution in [3.8, 4) is 5.88 Å². The Kier molecular flexibility index (Phi) is 4.52. The molecule has 0 aliphatic heterocycles. The predicted molar refractivity (Wildman–Crippen MR) is 57.7 cm³/mol. The van der Waals surface area contributed by atoms with Crippen LogP contribution in [0.25, 0.3) is 0 Å². The first kappa shape index (κ1) is 11.1. The van der Waals surface area contributed by atoms with E-state index in [9.17, 15) is 5.11 Å². The van der Waals surface area contributed by atoms with Gasteiger partial charge in [0.1, 0.15) is 10.7 Å². The van der Waals surface area contributed by atoms with E-state index in [1.165, 1.54) is 11.8 Å². The molecule has 0 aromatic carbocycles. The maximum absolute atomic E-state index is 9.40. The largest absolute Gasteiger partial charge is 0.492 e. The third-order valence-electron chi connectivity index (χ3n) is 1.76. The number of nitrogens with one attached hydrogen (secondary N) is 1. The molecule has 1 rings (SSSR count). The molecule has 2 N–H and O–H groups in total. The number of aromatic hydroxyl groups is 1. The second kappa shape index (κ2) is 5.70. The van der Waals surface area contributed by atoms with Gasteiger partial charge in [-0.2, -0.15) is 4.98 Å². The van der Waals surface area contributed by atoms with E-state index in [0.717, 1.165) is 19.4 Å². The zero-order valence-electron chi connectivity index (χ0n) is 8.37. The first-order valence-corrected chi connectivity index (χ1v) is 5.77. The van der Waals surface area contributed by atoms with Gasteiger partial charge in [0, 0.05) is 6.54 Å². The van der Waals surface area contributed by atoms with E-state index in [1.54, 1.807) is 0 Å². The van der Waals surface area contributed by atoms with E-state index in [0.29, 0.717) is 10.7 Å². The molecule has 1 radical (unpaired) electrons. The zero-order valence-corrected chi connectivity index (χ0v) is 9.19. The molecule has 0 saturated carbocycles. The predicted octanol–water partition coefficient (Wildman–Crippen LogP) is 1.92. The lowest BCUT2D eigenvalue weighted by atomic mass is 10.3. The Morgan fingerprint density at radius 3 is 2.93 bits per heavy atom. The second-order valence-corrected chi connectivity index (χ2v) is 3.63. The van der Waals surface area contributed by atoms with Gasteiger partial charge in [0.15, 0.2) is 0 Å². The molecule has 4 nitrogen and oxygen atoms in total. The monoisotopic (exact) mass is 212 g/mol. The average Bonchev–Trinajstić information content (AvgIpc) is 2.18. The van der Waals surface area contributed by atoms with Crippen molar-refractivity contribution < 1.29 is 5.11 Å². The van der Waals surface area contributed by atoms with Crippen molar-refractivity contribution in [3.05, 3.63) is 6.33 Å². The van der Waals surface area contributed by atoms with Crippen molar-refractivity contribution in [3.63, 3.8) is 0 Å². The Bertz CT molecular complexity index is 293. The number of aromatic nitrogens is 2. The lowest BCUT2D eigenvalue weighted by molar-refractivity contribution is 0.438. The number of anilines is 1. The van der Waals surface area contributed by atoms with E-state index in [1.807, 2.05) is 6.26 Å². The summed E-state index contributed by atoms with van der Waals surface area (Å²) in [6.45, 7) is 2.98. The molecule has 0 spiro atoms. The molecule has 0 fully saturated rings. The summed E-state index contributed by atoms with van der Waals surface area (Å²) in [5.41, 5.74) is 0. The normalized spacial score (nSPS) is 10.1. The van der Waals surface area contributed by atoms with E-state index in [-0.39, 0.29) is 5.88 Å². The summed E-state index contributed by atoms with van der Waals surface area (Å²) in [6.07, 6.45) is 6.49. The Labute approximate surface area is 88.2 Å².